The van der Waals surface area contributed by atoms with Gasteiger partial charge in [-0.1, -0.05) is 90.1 Å². The van der Waals surface area contributed by atoms with Crippen molar-refractivity contribution >= 4 is 5.90 Å². The van der Waals surface area contributed by atoms with E-state index in [0.717, 1.165) is 11.1 Å². The number of hydrogen-bond acceptors (Lipinski definition) is 5. The van der Waals surface area contributed by atoms with Crippen LogP contribution >= 0.6 is 0 Å². The Kier molecular flexibility index (Phi) is 5.97. The fraction of sp³-hybridized carbons (Fsp3) is 0.429. The first-order valence-corrected chi connectivity index (χ1v) is 11.5. The highest BCUT2D eigenvalue weighted by atomic mass is 16.5. The number of nitrogens with one attached hydrogen (secondary N) is 1. The summed E-state index contributed by atoms with van der Waals surface area (Å²) in [5.74, 6) is 0.776. The molecule has 2 heterocycles. The molecule has 1 fully saturated rings. The number of nitriles is 1. The molecular formula is C28H33N3O2. The first-order valence-electron chi connectivity index (χ1n) is 11.5. The van der Waals surface area contributed by atoms with Crippen LogP contribution in [0.3, 0.4) is 0 Å². The van der Waals surface area contributed by atoms with Gasteiger partial charge in [-0.2, -0.15) is 5.26 Å². The van der Waals surface area contributed by atoms with Crippen molar-refractivity contribution in [3.63, 3.8) is 0 Å². The van der Waals surface area contributed by atoms with Crippen LogP contribution in [0.2, 0.25) is 0 Å². The van der Waals surface area contributed by atoms with Gasteiger partial charge < -0.3 is 14.8 Å². The molecule has 4 rings (SSSR count). The molecule has 0 unspecified atom stereocenters. The van der Waals surface area contributed by atoms with Crippen molar-refractivity contribution in [1.82, 2.24) is 5.32 Å². The minimum Gasteiger partial charge on any atom is -0.476 e. The zero-order chi connectivity index (χ0) is 23.8. The molecule has 172 valence electrons. The predicted molar refractivity (Wildman–Crippen MR) is 131 cm³/mol. The molecule has 0 amide bonds. The van der Waals surface area contributed by atoms with Crippen LogP contribution in [0.15, 0.2) is 65.0 Å². The van der Waals surface area contributed by atoms with E-state index < -0.39 is 0 Å². The van der Waals surface area contributed by atoms with Gasteiger partial charge in [-0.25, -0.2) is 4.99 Å². The number of aliphatic imine (C=N–C) groups is 1. The molecule has 5 nitrogen and oxygen atoms in total. The van der Waals surface area contributed by atoms with Crippen molar-refractivity contribution in [2.24, 2.45) is 4.99 Å². The molecule has 1 N–H and O–H groups in total. The highest BCUT2D eigenvalue weighted by Gasteiger charge is 2.31. The lowest BCUT2D eigenvalue weighted by Crippen LogP contribution is -2.17. The summed E-state index contributed by atoms with van der Waals surface area (Å²) in [4.78, 5) is 4.70. The molecule has 0 spiro atoms. The summed E-state index contributed by atoms with van der Waals surface area (Å²) < 4.78 is 11.7. The minimum atomic E-state index is -0.125. The van der Waals surface area contributed by atoms with Crippen LogP contribution < -0.4 is 5.32 Å². The molecule has 5 heteroatoms. The van der Waals surface area contributed by atoms with E-state index in [4.69, 9.17) is 14.5 Å². The summed E-state index contributed by atoms with van der Waals surface area (Å²) in [6.45, 7) is 14.1. The average molecular weight is 444 g/mol. The van der Waals surface area contributed by atoms with E-state index in [1.54, 1.807) is 0 Å². The largest absolute Gasteiger partial charge is 0.476 e. The van der Waals surface area contributed by atoms with Crippen molar-refractivity contribution in [1.29, 1.82) is 5.26 Å². The Hall–Kier alpha value is -3.26. The van der Waals surface area contributed by atoms with E-state index >= 15 is 0 Å². The zero-order valence-electron chi connectivity index (χ0n) is 20.4. The zero-order valence-corrected chi connectivity index (χ0v) is 20.4. The second kappa shape index (κ2) is 8.59. The number of benzene rings is 2. The van der Waals surface area contributed by atoms with Crippen molar-refractivity contribution in [3.8, 4) is 6.07 Å². The minimum absolute atomic E-state index is 0.0138. The van der Waals surface area contributed by atoms with Crippen LogP contribution in [0.1, 0.15) is 75.9 Å². The topological polar surface area (TPSA) is 66.6 Å². The maximum atomic E-state index is 9.82. The van der Waals surface area contributed by atoms with E-state index in [9.17, 15) is 5.26 Å². The van der Waals surface area contributed by atoms with Crippen LogP contribution in [0.25, 0.3) is 0 Å². The maximum absolute atomic E-state index is 9.82. The van der Waals surface area contributed by atoms with Gasteiger partial charge in [-0.15, -0.1) is 0 Å². The summed E-state index contributed by atoms with van der Waals surface area (Å²) in [5, 5.41) is 13.2. The van der Waals surface area contributed by atoms with Gasteiger partial charge in [0, 0.05) is 0 Å². The Morgan fingerprint density at radius 2 is 1.39 bits per heavy atom. The Labute approximate surface area is 197 Å². The lowest BCUT2D eigenvalue weighted by molar-refractivity contribution is 0.251. The number of ether oxygens (including phenoxy) is 2. The van der Waals surface area contributed by atoms with Gasteiger partial charge in [-0.3, -0.25) is 0 Å². The fourth-order valence-corrected chi connectivity index (χ4v) is 4.03. The third kappa shape index (κ3) is 4.90. The molecule has 2 aliphatic rings. The van der Waals surface area contributed by atoms with E-state index in [0.29, 0.717) is 30.6 Å². The maximum Gasteiger partial charge on any atom is 0.233 e. The van der Waals surface area contributed by atoms with E-state index in [2.05, 4.69) is 101 Å². The highest BCUT2D eigenvalue weighted by molar-refractivity contribution is 5.98. The van der Waals surface area contributed by atoms with Gasteiger partial charge in [0.15, 0.2) is 5.57 Å². The van der Waals surface area contributed by atoms with Gasteiger partial charge in [0.1, 0.15) is 25.3 Å². The summed E-state index contributed by atoms with van der Waals surface area (Å²) in [7, 11) is 0. The van der Waals surface area contributed by atoms with Crippen LogP contribution in [0, 0.1) is 11.3 Å². The summed E-state index contributed by atoms with van der Waals surface area (Å²) in [6.07, 6.45) is 0. The van der Waals surface area contributed by atoms with Crippen molar-refractivity contribution in [2.75, 3.05) is 13.2 Å². The molecule has 2 atom stereocenters. The van der Waals surface area contributed by atoms with Crippen LogP contribution in [-0.4, -0.2) is 19.1 Å². The second-order valence-electron chi connectivity index (χ2n) is 10.8. The highest BCUT2D eigenvalue weighted by Crippen LogP contribution is 2.31. The summed E-state index contributed by atoms with van der Waals surface area (Å²) in [6, 6.07) is 19.1. The van der Waals surface area contributed by atoms with Gasteiger partial charge in [0.05, 0.1) is 6.04 Å². The van der Waals surface area contributed by atoms with Crippen LogP contribution in [0.5, 0.6) is 0 Å². The Bertz CT molecular complexity index is 1110. The van der Waals surface area contributed by atoms with E-state index in [-0.39, 0.29) is 22.9 Å². The predicted octanol–water partition coefficient (Wildman–Crippen LogP) is 5.85. The Balaban J connectivity index is 1.50. The number of hydrogen-bond donors (Lipinski definition) is 1. The lowest BCUT2D eigenvalue weighted by Gasteiger charge is -2.19. The Morgan fingerprint density at radius 1 is 0.848 bits per heavy atom. The standard InChI is InChI=1S/C28H33N3O2/c1-27(2,3)20-11-7-18(8-12-20)23-16-32-25(30-23)22(15-29)26-31-24(17-33-26)19-9-13-21(14-10-19)28(4,5)6/h7-14,23-24,30H,16-17H2,1-6H3/b25-22+/t23-,24-/m0/s1. The third-order valence-electron chi connectivity index (χ3n) is 6.24. The second-order valence-corrected chi connectivity index (χ2v) is 10.8. The number of rotatable bonds is 3. The summed E-state index contributed by atoms with van der Waals surface area (Å²) in [5.41, 5.74) is 5.30. The average Bonchev–Trinajstić information content (AvgIpc) is 3.44. The molecule has 0 saturated carbocycles. The molecule has 0 aliphatic carbocycles. The lowest BCUT2D eigenvalue weighted by atomic mass is 9.86. The van der Waals surface area contributed by atoms with E-state index in [1.807, 2.05) is 0 Å². The van der Waals surface area contributed by atoms with Crippen molar-refractivity contribution in [3.05, 3.63) is 82.2 Å². The smallest absolute Gasteiger partial charge is 0.233 e. The molecular weight excluding hydrogens is 410 g/mol. The monoisotopic (exact) mass is 443 g/mol. The number of nitrogens with zero attached hydrogens (tertiary/aromatic N) is 2. The Morgan fingerprint density at radius 3 is 1.91 bits per heavy atom. The van der Waals surface area contributed by atoms with Gasteiger partial charge in [-0.05, 0) is 33.1 Å². The molecule has 0 aromatic heterocycles. The quantitative estimate of drug-likeness (QED) is 0.605. The fourth-order valence-electron chi connectivity index (χ4n) is 4.03. The molecule has 0 radical (unpaired) electrons. The van der Waals surface area contributed by atoms with Crippen molar-refractivity contribution in [2.45, 2.75) is 64.5 Å². The van der Waals surface area contributed by atoms with Gasteiger partial charge >= 0.3 is 0 Å². The van der Waals surface area contributed by atoms with Crippen LogP contribution in [0.4, 0.5) is 0 Å². The first-order chi connectivity index (χ1) is 15.6. The molecule has 0 bridgehead atoms. The normalized spacial score (nSPS) is 22.0. The molecule has 1 saturated heterocycles. The molecule has 2 aromatic carbocycles. The van der Waals surface area contributed by atoms with Crippen molar-refractivity contribution < 1.29 is 9.47 Å². The van der Waals surface area contributed by atoms with Gasteiger partial charge in [0.2, 0.25) is 11.8 Å². The van der Waals surface area contributed by atoms with E-state index in [1.165, 1.54) is 11.1 Å². The SMILES string of the molecule is CC(C)(C)c1ccc([C@@H]2COC(/C(C#N)=C3\N[C@H](c4ccc(C(C)(C)C)cc4)CO3)=N2)cc1. The summed E-state index contributed by atoms with van der Waals surface area (Å²) >= 11 is 0. The molecule has 2 aliphatic heterocycles. The van der Waals surface area contributed by atoms with Crippen LogP contribution in [-0.2, 0) is 20.3 Å². The van der Waals surface area contributed by atoms with Gasteiger partial charge in [0.25, 0.3) is 0 Å². The molecule has 2 aromatic rings. The first kappa shape index (κ1) is 22.9. The third-order valence-corrected chi connectivity index (χ3v) is 6.24. The molecule has 33 heavy (non-hydrogen) atoms.